The van der Waals surface area contributed by atoms with E-state index in [-0.39, 0.29) is 5.91 Å². The zero-order valence-electron chi connectivity index (χ0n) is 7.86. The largest absolute Gasteiger partial charge is 0.326 e. The maximum Gasteiger partial charge on any atom is 0.221 e. The molecule has 1 N–H and O–H groups in total. The summed E-state index contributed by atoms with van der Waals surface area (Å²) in [6.07, 6.45) is 3.80. The van der Waals surface area contributed by atoms with Crippen molar-refractivity contribution in [1.82, 2.24) is 0 Å². The van der Waals surface area contributed by atoms with E-state index < -0.39 is 0 Å². The molecule has 0 spiro atoms. The molecule has 0 aliphatic rings. The van der Waals surface area contributed by atoms with Gasteiger partial charge in [0.05, 0.1) is 0 Å². The molecule has 0 aliphatic heterocycles. The normalized spacial score (nSPS) is 10.1. The predicted molar refractivity (Wildman–Crippen MR) is 55.8 cm³/mol. The molecule has 0 unspecified atom stereocenters. The Morgan fingerprint density at radius 1 is 1.43 bits per heavy atom. The molecule has 14 heavy (non-hydrogen) atoms. The van der Waals surface area contributed by atoms with Crippen LogP contribution < -0.4 is 5.32 Å². The van der Waals surface area contributed by atoms with Gasteiger partial charge in [-0.25, -0.2) is 0 Å². The second-order valence-corrected chi connectivity index (χ2v) is 2.80. The minimum Gasteiger partial charge on any atom is -0.326 e. The van der Waals surface area contributed by atoms with Crippen LogP contribution in [0.4, 0.5) is 5.69 Å². The molecule has 0 bridgehead atoms. The minimum atomic E-state index is -0.110. The molecule has 1 amide bonds. The van der Waals surface area contributed by atoms with E-state index in [4.69, 9.17) is 0 Å². The molecule has 1 rings (SSSR count). The van der Waals surface area contributed by atoms with Crippen molar-refractivity contribution >= 4 is 24.0 Å². The van der Waals surface area contributed by atoms with Crippen LogP contribution in [0.25, 0.3) is 6.08 Å². The molecule has 0 saturated heterocycles. The maximum absolute atomic E-state index is 10.8. The van der Waals surface area contributed by atoms with Crippen LogP contribution in [0.15, 0.2) is 30.3 Å². The van der Waals surface area contributed by atoms with Gasteiger partial charge in [0.2, 0.25) is 5.91 Å². The van der Waals surface area contributed by atoms with Crippen LogP contribution in [0.5, 0.6) is 0 Å². The quantitative estimate of drug-likeness (QED) is 0.582. The lowest BCUT2D eigenvalue weighted by Crippen LogP contribution is -2.05. The molecule has 0 heterocycles. The van der Waals surface area contributed by atoms with Gasteiger partial charge in [0.15, 0.2) is 0 Å². The van der Waals surface area contributed by atoms with Crippen LogP contribution >= 0.6 is 0 Å². The molecule has 0 fully saturated rings. The first kappa shape index (κ1) is 10.2. The first-order valence-corrected chi connectivity index (χ1v) is 4.22. The van der Waals surface area contributed by atoms with Gasteiger partial charge < -0.3 is 5.32 Å². The number of hydrogen-bond donors (Lipinski definition) is 1. The summed E-state index contributed by atoms with van der Waals surface area (Å²) in [6, 6.07) is 7.25. The van der Waals surface area contributed by atoms with Crippen LogP contribution in [-0.2, 0) is 9.59 Å². The van der Waals surface area contributed by atoms with Crippen molar-refractivity contribution in [3.63, 3.8) is 0 Å². The summed E-state index contributed by atoms with van der Waals surface area (Å²) >= 11 is 0. The van der Waals surface area contributed by atoms with Gasteiger partial charge in [0.25, 0.3) is 0 Å². The Kier molecular flexibility index (Phi) is 3.61. The van der Waals surface area contributed by atoms with Crippen LogP contribution in [0, 0.1) is 0 Å². The number of anilines is 1. The SMILES string of the molecule is CC(=O)Nc1cccc(/C=C/C=O)c1. The highest BCUT2D eigenvalue weighted by molar-refractivity contribution is 5.89. The van der Waals surface area contributed by atoms with Crippen molar-refractivity contribution < 1.29 is 9.59 Å². The number of allylic oxidation sites excluding steroid dienone is 1. The molecule has 0 radical (unpaired) electrons. The van der Waals surface area contributed by atoms with Crippen molar-refractivity contribution in [2.45, 2.75) is 6.92 Å². The number of hydrogen-bond acceptors (Lipinski definition) is 2. The van der Waals surface area contributed by atoms with E-state index in [0.717, 1.165) is 11.3 Å². The summed E-state index contributed by atoms with van der Waals surface area (Å²) in [6.45, 7) is 1.45. The molecule has 0 aliphatic carbocycles. The molecule has 3 nitrogen and oxygen atoms in total. The summed E-state index contributed by atoms with van der Waals surface area (Å²) in [7, 11) is 0. The molecule has 1 aromatic rings. The molecule has 0 saturated carbocycles. The fourth-order valence-electron chi connectivity index (χ4n) is 1.07. The molecule has 3 heteroatoms. The lowest BCUT2D eigenvalue weighted by molar-refractivity contribution is -0.114. The van der Waals surface area contributed by atoms with E-state index in [2.05, 4.69) is 5.32 Å². The molecular weight excluding hydrogens is 178 g/mol. The Bertz CT molecular complexity index is 369. The summed E-state index contributed by atoms with van der Waals surface area (Å²) < 4.78 is 0. The number of rotatable bonds is 3. The highest BCUT2D eigenvalue weighted by atomic mass is 16.1. The topological polar surface area (TPSA) is 46.2 Å². The van der Waals surface area contributed by atoms with Crippen LogP contribution in [-0.4, -0.2) is 12.2 Å². The summed E-state index contributed by atoms with van der Waals surface area (Å²) in [5.41, 5.74) is 1.61. The highest BCUT2D eigenvalue weighted by Gasteiger charge is 1.94. The monoisotopic (exact) mass is 189 g/mol. The Hall–Kier alpha value is -1.90. The first-order chi connectivity index (χ1) is 6.72. The van der Waals surface area contributed by atoms with Crippen molar-refractivity contribution in [3.8, 4) is 0 Å². The van der Waals surface area contributed by atoms with E-state index in [1.54, 1.807) is 18.2 Å². The standard InChI is InChI=1S/C11H11NO2/c1-9(14)12-11-6-2-4-10(8-11)5-3-7-13/h2-8H,1H3,(H,12,14)/b5-3+. The predicted octanol–water partition coefficient (Wildman–Crippen LogP) is 1.86. The van der Waals surface area contributed by atoms with E-state index in [0.29, 0.717) is 6.29 Å². The van der Waals surface area contributed by atoms with Gasteiger partial charge in [-0.05, 0) is 23.8 Å². The van der Waals surface area contributed by atoms with E-state index in [1.807, 2.05) is 12.1 Å². The maximum atomic E-state index is 10.8. The zero-order valence-corrected chi connectivity index (χ0v) is 7.86. The summed E-state index contributed by atoms with van der Waals surface area (Å²) in [5, 5.41) is 2.66. The fourth-order valence-corrected chi connectivity index (χ4v) is 1.07. The van der Waals surface area contributed by atoms with Gasteiger partial charge >= 0.3 is 0 Å². The Labute approximate surface area is 82.4 Å². The number of carbonyl (C=O) groups excluding carboxylic acids is 2. The van der Waals surface area contributed by atoms with E-state index in [1.165, 1.54) is 13.0 Å². The molecular formula is C11H11NO2. The van der Waals surface area contributed by atoms with Gasteiger partial charge in [0.1, 0.15) is 6.29 Å². The second-order valence-electron chi connectivity index (χ2n) is 2.80. The molecule has 0 aromatic heterocycles. The lowest BCUT2D eigenvalue weighted by Gasteiger charge is -2.01. The number of amides is 1. The number of carbonyl (C=O) groups is 2. The van der Waals surface area contributed by atoms with Crippen molar-refractivity contribution in [2.75, 3.05) is 5.32 Å². The van der Waals surface area contributed by atoms with Crippen LogP contribution in [0.3, 0.4) is 0 Å². The second kappa shape index (κ2) is 4.97. The highest BCUT2D eigenvalue weighted by Crippen LogP contribution is 2.11. The van der Waals surface area contributed by atoms with Gasteiger partial charge in [-0.15, -0.1) is 0 Å². The zero-order chi connectivity index (χ0) is 10.4. The third-order valence-electron chi connectivity index (χ3n) is 1.57. The van der Waals surface area contributed by atoms with Gasteiger partial charge in [-0.2, -0.15) is 0 Å². The fraction of sp³-hybridized carbons (Fsp3) is 0.0909. The number of nitrogens with one attached hydrogen (secondary N) is 1. The number of benzene rings is 1. The average molecular weight is 189 g/mol. The summed E-state index contributed by atoms with van der Waals surface area (Å²) in [5.74, 6) is -0.110. The van der Waals surface area contributed by atoms with Crippen molar-refractivity contribution in [2.24, 2.45) is 0 Å². The first-order valence-electron chi connectivity index (χ1n) is 4.22. The molecule has 72 valence electrons. The van der Waals surface area contributed by atoms with Gasteiger partial charge in [-0.1, -0.05) is 18.2 Å². The average Bonchev–Trinajstić information content (AvgIpc) is 2.14. The smallest absolute Gasteiger partial charge is 0.221 e. The van der Waals surface area contributed by atoms with E-state index in [9.17, 15) is 9.59 Å². The minimum absolute atomic E-state index is 0.110. The van der Waals surface area contributed by atoms with E-state index >= 15 is 0 Å². The van der Waals surface area contributed by atoms with Gasteiger partial charge in [-0.3, -0.25) is 9.59 Å². The third-order valence-corrected chi connectivity index (χ3v) is 1.57. The molecule has 1 aromatic carbocycles. The Morgan fingerprint density at radius 3 is 2.86 bits per heavy atom. The number of aldehydes is 1. The Morgan fingerprint density at radius 2 is 2.21 bits per heavy atom. The van der Waals surface area contributed by atoms with Gasteiger partial charge in [0, 0.05) is 12.6 Å². The van der Waals surface area contributed by atoms with Crippen LogP contribution in [0.1, 0.15) is 12.5 Å². The summed E-state index contributed by atoms with van der Waals surface area (Å²) in [4.78, 5) is 20.8. The van der Waals surface area contributed by atoms with Crippen molar-refractivity contribution in [3.05, 3.63) is 35.9 Å². The molecule has 0 atom stereocenters. The van der Waals surface area contributed by atoms with Crippen molar-refractivity contribution in [1.29, 1.82) is 0 Å². The third kappa shape index (κ3) is 3.23. The Balaban J connectivity index is 2.83. The van der Waals surface area contributed by atoms with Crippen LogP contribution in [0.2, 0.25) is 0 Å². The lowest BCUT2D eigenvalue weighted by atomic mass is 10.2.